The molecule has 1 saturated heterocycles. The van der Waals surface area contributed by atoms with Gasteiger partial charge >= 0.3 is 5.97 Å². The van der Waals surface area contributed by atoms with Crippen molar-refractivity contribution < 1.29 is 18.3 Å². The van der Waals surface area contributed by atoms with E-state index >= 15 is 0 Å². The summed E-state index contributed by atoms with van der Waals surface area (Å²) in [5, 5.41) is 9.20. The molecule has 0 spiro atoms. The highest BCUT2D eigenvalue weighted by Gasteiger charge is 2.45. The van der Waals surface area contributed by atoms with Crippen molar-refractivity contribution >= 4 is 27.9 Å². The number of hydrogen-bond acceptors (Lipinski definition) is 4. The fourth-order valence-electron chi connectivity index (χ4n) is 1.73. The normalized spacial score (nSPS) is 25.4. The molecule has 1 fully saturated rings. The summed E-state index contributed by atoms with van der Waals surface area (Å²) in [5.74, 6) is -0.158. The number of carboxylic acids is 1. The van der Waals surface area contributed by atoms with Gasteiger partial charge in [-0.25, -0.2) is 0 Å². The van der Waals surface area contributed by atoms with E-state index in [0.717, 1.165) is 0 Å². The second-order valence-corrected chi connectivity index (χ2v) is 6.66. The monoisotopic (exact) mass is 282 g/mol. The summed E-state index contributed by atoms with van der Waals surface area (Å²) < 4.78 is 27.6. The van der Waals surface area contributed by atoms with Crippen LogP contribution >= 0.6 is 11.8 Å². The van der Waals surface area contributed by atoms with Crippen molar-refractivity contribution in [3.8, 4) is 0 Å². The average molecular weight is 282 g/mol. The molecule has 0 radical (unpaired) electrons. The van der Waals surface area contributed by atoms with Crippen LogP contribution in [0.3, 0.4) is 0 Å². The van der Waals surface area contributed by atoms with Crippen molar-refractivity contribution in [3.63, 3.8) is 0 Å². The molecule has 8 heteroatoms. The molecule has 2 N–H and O–H groups in total. The highest BCUT2D eigenvalue weighted by atomic mass is 32.2. The predicted molar refractivity (Wildman–Crippen MR) is 67.3 cm³/mol. The van der Waals surface area contributed by atoms with E-state index in [2.05, 4.69) is 4.72 Å². The smallest absolute Gasteiger partial charge is 0.325 e. The number of aliphatic carboxylic acids is 1. The SMILES string of the molecule is CCN(CC)S(=O)(=O)NC1(C(=O)O)CCSC1. The Morgan fingerprint density at radius 3 is 2.41 bits per heavy atom. The van der Waals surface area contributed by atoms with Crippen molar-refractivity contribution in [1.82, 2.24) is 9.03 Å². The van der Waals surface area contributed by atoms with Crippen LogP contribution < -0.4 is 4.72 Å². The fourth-order valence-corrected chi connectivity index (χ4v) is 4.71. The maximum absolute atomic E-state index is 12.0. The van der Waals surface area contributed by atoms with E-state index < -0.39 is 21.7 Å². The highest BCUT2D eigenvalue weighted by Crippen LogP contribution is 2.29. The fraction of sp³-hybridized carbons (Fsp3) is 0.889. The molecule has 0 bridgehead atoms. The number of hydrogen-bond donors (Lipinski definition) is 2. The molecule has 1 aliphatic heterocycles. The molecule has 0 aromatic heterocycles. The van der Waals surface area contributed by atoms with Gasteiger partial charge in [-0.1, -0.05) is 13.8 Å². The molecule has 1 unspecified atom stereocenters. The maximum Gasteiger partial charge on any atom is 0.325 e. The average Bonchev–Trinajstić information content (AvgIpc) is 2.68. The van der Waals surface area contributed by atoms with Crippen LogP contribution in [0.4, 0.5) is 0 Å². The molecule has 1 rings (SSSR count). The molecular formula is C9H18N2O4S2. The maximum atomic E-state index is 12.0. The first-order chi connectivity index (χ1) is 7.88. The second-order valence-electron chi connectivity index (χ2n) is 3.88. The summed E-state index contributed by atoms with van der Waals surface area (Å²) in [6.45, 7) is 4.10. The Hall–Kier alpha value is -0.310. The molecule has 0 aliphatic carbocycles. The Balaban J connectivity index is 2.91. The molecular weight excluding hydrogens is 264 g/mol. The molecule has 1 aliphatic rings. The standard InChI is InChI=1S/C9H18N2O4S2/c1-3-11(4-2)17(14,15)10-9(8(12)13)5-6-16-7-9/h10H,3-7H2,1-2H3,(H,12,13). The Bertz CT molecular complexity index is 372. The molecule has 0 saturated carbocycles. The van der Waals surface area contributed by atoms with Crippen molar-refractivity contribution in [1.29, 1.82) is 0 Å². The van der Waals surface area contributed by atoms with Crippen LogP contribution in [0.5, 0.6) is 0 Å². The summed E-state index contributed by atoms with van der Waals surface area (Å²) in [7, 11) is -3.72. The second kappa shape index (κ2) is 5.55. The number of carbonyl (C=O) groups is 1. The van der Waals surface area contributed by atoms with Crippen LogP contribution in [0, 0.1) is 0 Å². The van der Waals surface area contributed by atoms with E-state index in [9.17, 15) is 18.3 Å². The van der Waals surface area contributed by atoms with E-state index in [1.165, 1.54) is 16.1 Å². The van der Waals surface area contributed by atoms with E-state index in [-0.39, 0.29) is 5.75 Å². The van der Waals surface area contributed by atoms with Crippen molar-refractivity contribution in [2.24, 2.45) is 0 Å². The van der Waals surface area contributed by atoms with Gasteiger partial charge in [0, 0.05) is 18.8 Å². The molecule has 0 amide bonds. The third-order valence-electron chi connectivity index (χ3n) is 2.80. The molecule has 100 valence electrons. The van der Waals surface area contributed by atoms with Gasteiger partial charge in [0.05, 0.1) is 0 Å². The number of nitrogens with zero attached hydrogens (tertiary/aromatic N) is 1. The number of nitrogens with one attached hydrogen (secondary N) is 1. The van der Waals surface area contributed by atoms with Crippen LogP contribution in [0.25, 0.3) is 0 Å². The minimum absolute atomic E-state index is 0.281. The van der Waals surface area contributed by atoms with Gasteiger partial charge in [0.25, 0.3) is 10.2 Å². The lowest BCUT2D eigenvalue weighted by molar-refractivity contribution is -0.143. The highest BCUT2D eigenvalue weighted by molar-refractivity contribution is 7.99. The number of rotatable bonds is 6. The van der Waals surface area contributed by atoms with E-state index in [4.69, 9.17) is 0 Å². The first kappa shape index (κ1) is 14.7. The Morgan fingerprint density at radius 1 is 1.47 bits per heavy atom. The van der Waals surface area contributed by atoms with Crippen molar-refractivity contribution in [3.05, 3.63) is 0 Å². The van der Waals surface area contributed by atoms with Crippen LogP contribution in [-0.2, 0) is 15.0 Å². The third kappa shape index (κ3) is 3.12. The summed E-state index contributed by atoms with van der Waals surface area (Å²) in [4.78, 5) is 11.2. The largest absolute Gasteiger partial charge is 0.480 e. The lowest BCUT2D eigenvalue weighted by atomic mass is 10.0. The van der Waals surface area contributed by atoms with E-state index in [1.54, 1.807) is 13.8 Å². The summed E-state index contributed by atoms with van der Waals surface area (Å²) in [6, 6.07) is 0. The first-order valence-corrected chi connectivity index (χ1v) is 8.07. The topological polar surface area (TPSA) is 86.7 Å². The quantitative estimate of drug-likeness (QED) is 0.723. The third-order valence-corrected chi connectivity index (χ3v) is 5.84. The van der Waals surface area contributed by atoms with Crippen LogP contribution in [0.2, 0.25) is 0 Å². The minimum atomic E-state index is -3.72. The summed E-state index contributed by atoms with van der Waals surface area (Å²) >= 11 is 1.45. The molecule has 1 atom stereocenters. The summed E-state index contributed by atoms with van der Waals surface area (Å²) in [6.07, 6.45) is 0.327. The lowest BCUT2D eigenvalue weighted by Gasteiger charge is -2.28. The van der Waals surface area contributed by atoms with Crippen molar-refractivity contribution in [2.45, 2.75) is 25.8 Å². The molecule has 0 aromatic carbocycles. The van der Waals surface area contributed by atoms with E-state index in [1.807, 2.05) is 0 Å². The Morgan fingerprint density at radius 2 is 2.06 bits per heavy atom. The van der Waals surface area contributed by atoms with Gasteiger partial charge in [-0.05, 0) is 12.2 Å². The van der Waals surface area contributed by atoms with Crippen molar-refractivity contribution in [2.75, 3.05) is 24.6 Å². The van der Waals surface area contributed by atoms with E-state index in [0.29, 0.717) is 25.3 Å². The van der Waals surface area contributed by atoms with Gasteiger partial charge in [0.1, 0.15) is 5.54 Å². The first-order valence-electron chi connectivity index (χ1n) is 5.48. The molecule has 17 heavy (non-hydrogen) atoms. The summed E-state index contributed by atoms with van der Waals surface area (Å²) in [5.41, 5.74) is -1.34. The van der Waals surface area contributed by atoms with Crippen LogP contribution in [0.15, 0.2) is 0 Å². The minimum Gasteiger partial charge on any atom is -0.480 e. The van der Waals surface area contributed by atoms with Gasteiger partial charge in [0.15, 0.2) is 0 Å². The molecule has 1 heterocycles. The lowest BCUT2D eigenvalue weighted by Crippen LogP contribution is -2.58. The zero-order valence-corrected chi connectivity index (χ0v) is 11.6. The zero-order valence-electron chi connectivity index (χ0n) is 9.97. The van der Waals surface area contributed by atoms with Gasteiger partial charge in [-0.15, -0.1) is 0 Å². The van der Waals surface area contributed by atoms with Gasteiger partial charge in [-0.2, -0.15) is 29.2 Å². The van der Waals surface area contributed by atoms with Gasteiger partial charge < -0.3 is 5.11 Å². The van der Waals surface area contributed by atoms with Crippen LogP contribution in [-0.4, -0.2) is 53.9 Å². The molecule has 6 nitrogen and oxygen atoms in total. The number of thioether (sulfide) groups is 1. The Kier molecular flexibility index (Phi) is 4.82. The molecule has 0 aromatic rings. The Labute approximate surface area is 106 Å². The number of carboxylic acid groups (broad SMARTS) is 1. The van der Waals surface area contributed by atoms with Gasteiger partial charge in [0.2, 0.25) is 0 Å². The predicted octanol–water partition coefficient (Wildman–Crippen LogP) is 0.123. The van der Waals surface area contributed by atoms with Crippen LogP contribution in [0.1, 0.15) is 20.3 Å². The zero-order chi connectivity index (χ0) is 13.1. The van der Waals surface area contributed by atoms with Gasteiger partial charge in [-0.3, -0.25) is 4.79 Å².